The van der Waals surface area contributed by atoms with Gasteiger partial charge in [-0.25, -0.2) is 13.2 Å². The van der Waals surface area contributed by atoms with Crippen molar-refractivity contribution in [1.82, 2.24) is 10.3 Å². The summed E-state index contributed by atoms with van der Waals surface area (Å²) in [6.45, 7) is 0. The monoisotopic (exact) mass is 359 g/mol. The lowest BCUT2D eigenvalue weighted by Gasteiger charge is -2.10. The second kappa shape index (κ2) is 6.97. The van der Waals surface area contributed by atoms with E-state index < -0.39 is 16.1 Å². The van der Waals surface area contributed by atoms with Gasteiger partial charge < -0.3 is 5.32 Å². The van der Waals surface area contributed by atoms with Gasteiger partial charge in [-0.1, -0.05) is 29.3 Å². The van der Waals surface area contributed by atoms with E-state index in [1.807, 2.05) is 10.3 Å². The minimum Gasteiger partial charge on any atom is -0.307 e. The zero-order valence-corrected chi connectivity index (χ0v) is 13.3. The molecule has 0 spiro atoms. The molecule has 0 aliphatic heterocycles. The molecule has 0 saturated carbocycles. The number of hydrazine groups is 1. The summed E-state index contributed by atoms with van der Waals surface area (Å²) >= 11 is 11.5. The number of rotatable bonds is 4. The normalized spacial score (nSPS) is 11.0. The molecule has 2 rings (SSSR count). The van der Waals surface area contributed by atoms with Crippen molar-refractivity contribution in [2.75, 3.05) is 5.32 Å². The van der Waals surface area contributed by atoms with Gasteiger partial charge in [0.2, 0.25) is 0 Å². The summed E-state index contributed by atoms with van der Waals surface area (Å²) in [6.07, 6.45) is 0. The van der Waals surface area contributed by atoms with E-state index in [0.29, 0.717) is 15.7 Å². The van der Waals surface area contributed by atoms with Crippen LogP contribution in [0, 0.1) is 0 Å². The number of carbonyl (C=O) groups is 1. The molecule has 2 aromatic rings. The average Bonchev–Trinajstić information content (AvgIpc) is 2.46. The van der Waals surface area contributed by atoms with Crippen LogP contribution in [0.25, 0.3) is 0 Å². The highest BCUT2D eigenvalue weighted by Gasteiger charge is 2.14. The number of benzene rings is 2. The van der Waals surface area contributed by atoms with Gasteiger partial charge in [-0.05, 0) is 42.5 Å². The Kier molecular flexibility index (Phi) is 5.25. The highest BCUT2D eigenvalue weighted by Crippen LogP contribution is 2.15. The van der Waals surface area contributed by atoms with Gasteiger partial charge in [0.25, 0.3) is 10.0 Å². The third-order valence-electron chi connectivity index (χ3n) is 2.51. The van der Waals surface area contributed by atoms with Crippen LogP contribution in [-0.2, 0) is 10.0 Å². The SMILES string of the molecule is O=C(NNS(=O)(=O)c1ccc(Cl)cc1)Nc1cccc(Cl)c1. The number of hydrogen-bond donors (Lipinski definition) is 3. The molecule has 22 heavy (non-hydrogen) atoms. The van der Waals surface area contributed by atoms with E-state index in [4.69, 9.17) is 23.2 Å². The van der Waals surface area contributed by atoms with Crippen molar-refractivity contribution in [1.29, 1.82) is 0 Å². The van der Waals surface area contributed by atoms with Crippen molar-refractivity contribution in [3.8, 4) is 0 Å². The van der Waals surface area contributed by atoms with Gasteiger partial charge in [-0.2, -0.15) is 0 Å². The van der Waals surface area contributed by atoms with Gasteiger partial charge in [0.05, 0.1) is 4.90 Å². The van der Waals surface area contributed by atoms with Crippen molar-refractivity contribution in [2.24, 2.45) is 0 Å². The van der Waals surface area contributed by atoms with E-state index in [-0.39, 0.29) is 4.90 Å². The van der Waals surface area contributed by atoms with Crippen LogP contribution in [0.15, 0.2) is 53.4 Å². The summed E-state index contributed by atoms with van der Waals surface area (Å²) in [5.41, 5.74) is 2.47. The summed E-state index contributed by atoms with van der Waals surface area (Å²) in [6, 6.07) is 11.2. The fourth-order valence-corrected chi connectivity index (χ4v) is 2.67. The molecule has 0 aliphatic carbocycles. The fourth-order valence-electron chi connectivity index (χ4n) is 1.51. The second-order valence-corrected chi connectivity index (χ2v) is 6.70. The molecule has 2 aromatic carbocycles. The molecule has 0 radical (unpaired) electrons. The predicted octanol–water partition coefficient (Wildman–Crippen LogP) is 3.01. The Hall–Kier alpha value is -1.80. The zero-order chi connectivity index (χ0) is 16.2. The molecule has 9 heteroatoms. The number of amides is 2. The molecular weight excluding hydrogens is 349 g/mol. The zero-order valence-electron chi connectivity index (χ0n) is 11.0. The number of nitrogens with one attached hydrogen (secondary N) is 3. The topological polar surface area (TPSA) is 87.3 Å². The van der Waals surface area contributed by atoms with Crippen molar-refractivity contribution in [3.05, 3.63) is 58.6 Å². The molecule has 116 valence electrons. The molecule has 0 aliphatic rings. The van der Waals surface area contributed by atoms with E-state index in [1.165, 1.54) is 30.3 Å². The summed E-state index contributed by atoms with van der Waals surface area (Å²) in [5.74, 6) is 0. The number of sulfonamides is 1. The largest absolute Gasteiger partial charge is 0.334 e. The smallest absolute Gasteiger partial charge is 0.307 e. The average molecular weight is 360 g/mol. The number of carbonyl (C=O) groups excluding carboxylic acids is 1. The molecule has 0 fully saturated rings. The summed E-state index contributed by atoms with van der Waals surface area (Å²) in [7, 11) is -3.88. The van der Waals surface area contributed by atoms with Gasteiger partial charge in [0.15, 0.2) is 0 Å². The third-order valence-corrected chi connectivity index (χ3v) is 4.26. The predicted molar refractivity (Wildman–Crippen MR) is 85.4 cm³/mol. The third kappa shape index (κ3) is 4.60. The maximum atomic E-state index is 11.9. The minimum atomic E-state index is -3.88. The lowest BCUT2D eigenvalue weighted by atomic mass is 10.3. The van der Waals surface area contributed by atoms with Crippen LogP contribution >= 0.6 is 23.2 Å². The van der Waals surface area contributed by atoms with Crippen LogP contribution in [0.3, 0.4) is 0 Å². The van der Waals surface area contributed by atoms with Gasteiger partial charge in [-0.3, -0.25) is 5.43 Å². The van der Waals surface area contributed by atoms with Crippen LogP contribution in [0.2, 0.25) is 10.0 Å². The molecule has 0 unspecified atom stereocenters. The van der Waals surface area contributed by atoms with Crippen LogP contribution in [0.5, 0.6) is 0 Å². The standard InChI is InChI=1S/C13H11Cl2N3O3S/c14-9-4-6-12(7-5-9)22(20,21)18-17-13(19)16-11-3-1-2-10(15)8-11/h1-8,18H,(H2,16,17,19). The number of urea groups is 1. The first-order valence-corrected chi connectivity index (χ1v) is 8.21. The van der Waals surface area contributed by atoms with Crippen LogP contribution in [-0.4, -0.2) is 14.4 Å². The second-order valence-electron chi connectivity index (χ2n) is 4.15. The molecule has 0 bridgehead atoms. The molecule has 0 saturated heterocycles. The van der Waals surface area contributed by atoms with Crippen molar-refractivity contribution >= 4 is 44.9 Å². The van der Waals surface area contributed by atoms with Crippen LogP contribution < -0.4 is 15.6 Å². The molecule has 3 N–H and O–H groups in total. The molecule has 0 aromatic heterocycles. The number of hydrogen-bond acceptors (Lipinski definition) is 3. The summed E-state index contributed by atoms with van der Waals surface area (Å²) in [4.78, 5) is 13.6. The van der Waals surface area contributed by atoms with E-state index in [2.05, 4.69) is 5.32 Å². The van der Waals surface area contributed by atoms with E-state index >= 15 is 0 Å². The quantitative estimate of drug-likeness (QED) is 0.733. The van der Waals surface area contributed by atoms with Crippen LogP contribution in [0.1, 0.15) is 0 Å². The van der Waals surface area contributed by atoms with Gasteiger partial charge in [0.1, 0.15) is 0 Å². The van der Waals surface area contributed by atoms with Gasteiger partial charge in [0, 0.05) is 15.7 Å². The Labute approximate surface area is 137 Å². The highest BCUT2D eigenvalue weighted by molar-refractivity contribution is 7.89. The van der Waals surface area contributed by atoms with E-state index in [0.717, 1.165) is 0 Å². The Balaban J connectivity index is 1.97. The first kappa shape index (κ1) is 16.6. The van der Waals surface area contributed by atoms with E-state index in [9.17, 15) is 13.2 Å². The Morgan fingerprint density at radius 1 is 0.955 bits per heavy atom. The Morgan fingerprint density at radius 2 is 1.64 bits per heavy atom. The molecular formula is C13H11Cl2N3O3S. The fraction of sp³-hybridized carbons (Fsp3) is 0. The van der Waals surface area contributed by atoms with Gasteiger partial charge in [-0.15, -0.1) is 4.83 Å². The summed E-state index contributed by atoms with van der Waals surface area (Å²) < 4.78 is 23.9. The minimum absolute atomic E-state index is 0.0278. The molecule has 0 heterocycles. The molecule has 0 atom stereocenters. The van der Waals surface area contributed by atoms with Crippen molar-refractivity contribution in [2.45, 2.75) is 4.90 Å². The lowest BCUT2D eigenvalue weighted by Crippen LogP contribution is -2.43. The Bertz CT molecular complexity index is 779. The lowest BCUT2D eigenvalue weighted by molar-refractivity contribution is 0.250. The highest BCUT2D eigenvalue weighted by atomic mass is 35.5. The first-order chi connectivity index (χ1) is 10.4. The van der Waals surface area contributed by atoms with E-state index in [1.54, 1.807) is 18.2 Å². The maximum Gasteiger partial charge on any atom is 0.334 e. The first-order valence-electron chi connectivity index (χ1n) is 5.97. The molecule has 6 nitrogen and oxygen atoms in total. The number of halogens is 2. The van der Waals surface area contributed by atoms with Gasteiger partial charge >= 0.3 is 6.03 Å². The number of anilines is 1. The summed E-state index contributed by atoms with van der Waals surface area (Å²) in [5, 5.41) is 3.29. The maximum absolute atomic E-state index is 11.9. The van der Waals surface area contributed by atoms with Crippen LogP contribution in [0.4, 0.5) is 10.5 Å². The van der Waals surface area contributed by atoms with Crippen molar-refractivity contribution < 1.29 is 13.2 Å². The van der Waals surface area contributed by atoms with Crippen molar-refractivity contribution in [3.63, 3.8) is 0 Å². The Morgan fingerprint density at radius 3 is 2.27 bits per heavy atom. The molecule has 2 amide bonds.